The molecule has 0 saturated heterocycles. The maximum absolute atomic E-state index is 13.3. The summed E-state index contributed by atoms with van der Waals surface area (Å²) in [7, 11) is 0. The van der Waals surface area contributed by atoms with Gasteiger partial charge >= 0.3 is 0 Å². The van der Waals surface area contributed by atoms with Gasteiger partial charge in [0.1, 0.15) is 11.6 Å². The van der Waals surface area contributed by atoms with Crippen LogP contribution in [-0.2, 0) is 6.42 Å². The van der Waals surface area contributed by atoms with E-state index in [1.807, 2.05) is 0 Å². The first-order valence-corrected chi connectivity index (χ1v) is 5.22. The summed E-state index contributed by atoms with van der Waals surface area (Å²) < 4.78 is 26.7. The number of benzene rings is 2. The van der Waals surface area contributed by atoms with Gasteiger partial charge in [0.15, 0.2) is 0 Å². The van der Waals surface area contributed by atoms with Crippen LogP contribution < -0.4 is 0 Å². The fourth-order valence-corrected chi connectivity index (χ4v) is 1.63. The smallest absolute Gasteiger partial charge is 0.129 e. The SMILES string of the molecule is Fc1cccc(F)c1Cc1ccc(Cl)cc1. The summed E-state index contributed by atoms with van der Waals surface area (Å²) in [6.45, 7) is 0. The van der Waals surface area contributed by atoms with Crippen molar-refractivity contribution >= 4 is 11.6 Å². The van der Waals surface area contributed by atoms with E-state index in [2.05, 4.69) is 0 Å². The van der Waals surface area contributed by atoms with Crippen molar-refractivity contribution in [1.82, 2.24) is 0 Å². The van der Waals surface area contributed by atoms with E-state index in [1.54, 1.807) is 24.3 Å². The molecule has 0 nitrogen and oxygen atoms in total. The fraction of sp³-hybridized carbons (Fsp3) is 0.0769. The van der Waals surface area contributed by atoms with Crippen molar-refractivity contribution in [2.24, 2.45) is 0 Å². The molecule has 0 amide bonds. The summed E-state index contributed by atoms with van der Waals surface area (Å²) in [5, 5.41) is 0.609. The lowest BCUT2D eigenvalue weighted by atomic mass is 10.0. The second kappa shape index (κ2) is 4.62. The topological polar surface area (TPSA) is 0 Å². The highest BCUT2D eigenvalue weighted by Crippen LogP contribution is 2.18. The molecular weight excluding hydrogens is 230 g/mol. The van der Waals surface area contributed by atoms with Gasteiger partial charge in [-0.25, -0.2) is 8.78 Å². The molecular formula is C13H9ClF2. The molecule has 0 aliphatic rings. The number of halogens is 3. The Hall–Kier alpha value is -1.41. The Bertz CT molecular complexity index is 472. The van der Waals surface area contributed by atoms with E-state index >= 15 is 0 Å². The Kier molecular flexibility index (Phi) is 3.20. The summed E-state index contributed by atoms with van der Waals surface area (Å²) in [5.41, 5.74) is 0.915. The van der Waals surface area contributed by atoms with Crippen LogP contribution in [0.2, 0.25) is 5.02 Å². The molecule has 82 valence electrons. The highest BCUT2D eigenvalue weighted by Gasteiger charge is 2.08. The summed E-state index contributed by atoms with van der Waals surface area (Å²) in [5.74, 6) is -1.04. The van der Waals surface area contributed by atoms with Crippen molar-refractivity contribution in [3.63, 3.8) is 0 Å². The molecule has 2 aromatic rings. The number of rotatable bonds is 2. The molecule has 0 saturated carbocycles. The minimum absolute atomic E-state index is 0.0878. The van der Waals surface area contributed by atoms with Crippen LogP contribution in [0, 0.1) is 11.6 Å². The molecule has 0 spiro atoms. The highest BCUT2D eigenvalue weighted by molar-refractivity contribution is 6.30. The average molecular weight is 239 g/mol. The first kappa shape index (κ1) is 11.1. The van der Waals surface area contributed by atoms with Crippen molar-refractivity contribution in [1.29, 1.82) is 0 Å². The van der Waals surface area contributed by atoms with Crippen LogP contribution in [0.25, 0.3) is 0 Å². The Balaban J connectivity index is 2.30. The van der Waals surface area contributed by atoms with Gasteiger partial charge in [-0.15, -0.1) is 0 Å². The van der Waals surface area contributed by atoms with Crippen molar-refractivity contribution in [3.05, 3.63) is 70.2 Å². The van der Waals surface area contributed by atoms with Crippen LogP contribution >= 0.6 is 11.6 Å². The average Bonchev–Trinajstić information content (AvgIpc) is 2.26. The molecule has 0 N–H and O–H groups in total. The van der Waals surface area contributed by atoms with Gasteiger partial charge in [0.25, 0.3) is 0 Å². The Morgan fingerprint density at radius 2 is 1.44 bits per heavy atom. The van der Waals surface area contributed by atoms with E-state index in [1.165, 1.54) is 18.2 Å². The van der Waals surface area contributed by atoms with Gasteiger partial charge in [-0.05, 0) is 29.8 Å². The van der Waals surface area contributed by atoms with Gasteiger partial charge < -0.3 is 0 Å². The second-order valence-electron chi connectivity index (χ2n) is 3.50. The Morgan fingerprint density at radius 3 is 2.00 bits per heavy atom. The third kappa shape index (κ3) is 2.39. The lowest BCUT2D eigenvalue weighted by Gasteiger charge is -2.05. The van der Waals surface area contributed by atoms with Gasteiger partial charge in [0, 0.05) is 17.0 Å². The van der Waals surface area contributed by atoms with E-state index in [-0.39, 0.29) is 12.0 Å². The zero-order valence-electron chi connectivity index (χ0n) is 8.38. The van der Waals surface area contributed by atoms with Crippen molar-refractivity contribution in [2.75, 3.05) is 0 Å². The third-order valence-electron chi connectivity index (χ3n) is 2.36. The van der Waals surface area contributed by atoms with E-state index in [9.17, 15) is 8.78 Å². The molecule has 3 heteroatoms. The van der Waals surface area contributed by atoms with Crippen LogP contribution in [0.15, 0.2) is 42.5 Å². The predicted octanol–water partition coefficient (Wildman–Crippen LogP) is 4.21. The van der Waals surface area contributed by atoms with Gasteiger partial charge in [-0.2, -0.15) is 0 Å². The molecule has 0 atom stereocenters. The lowest BCUT2D eigenvalue weighted by molar-refractivity contribution is 0.561. The van der Waals surface area contributed by atoms with Crippen molar-refractivity contribution < 1.29 is 8.78 Å². The van der Waals surface area contributed by atoms with Gasteiger partial charge in [-0.1, -0.05) is 29.8 Å². The summed E-state index contributed by atoms with van der Waals surface area (Å²) in [4.78, 5) is 0. The lowest BCUT2D eigenvalue weighted by Crippen LogP contribution is -1.96. The number of hydrogen-bond acceptors (Lipinski definition) is 0. The molecule has 0 heterocycles. The summed E-state index contributed by atoms with van der Waals surface area (Å²) in [6.07, 6.45) is 0.232. The standard InChI is InChI=1S/C13H9ClF2/c14-10-6-4-9(5-7-10)8-11-12(15)2-1-3-13(11)16/h1-7H,8H2. The Labute approximate surface area is 97.5 Å². The Morgan fingerprint density at radius 1 is 0.875 bits per heavy atom. The van der Waals surface area contributed by atoms with E-state index in [4.69, 9.17) is 11.6 Å². The summed E-state index contributed by atoms with van der Waals surface area (Å²) in [6, 6.07) is 10.8. The zero-order valence-corrected chi connectivity index (χ0v) is 9.14. The van der Waals surface area contributed by atoms with Crippen LogP contribution in [-0.4, -0.2) is 0 Å². The molecule has 0 fully saturated rings. The van der Waals surface area contributed by atoms with Crippen molar-refractivity contribution in [3.8, 4) is 0 Å². The molecule has 0 aromatic heterocycles. The van der Waals surface area contributed by atoms with Gasteiger partial charge in [0.2, 0.25) is 0 Å². The first-order chi connectivity index (χ1) is 7.66. The van der Waals surface area contributed by atoms with E-state index in [0.29, 0.717) is 5.02 Å². The maximum atomic E-state index is 13.3. The third-order valence-corrected chi connectivity index (χ3v) is 2.61. The van der Waals surface area contributed by atoms with E-state index < -0.39 is 11.6 Å². The molecule has 2 aromatic carbocycles. The van der Waals surface area contributed by atoms with Gasteiger partial charge in [0.05, 0.1) is 0 Å². The van der Waals surface area contributed by atoms with Gasteiger partial charge in [-0.3, -0.25) is 0 Å². The monoisotopic (exact) mass is 238 g/mol. The summed E-state index contributed by atoms with van der Waals surface area (Å²) >= 11 is 5.73. The highest BCUT2D eigenvalue weighted by atomic mass is 35.5. The number of hydrogen-bond donors (Lipinski definition) is 0. The molecule has 0 bridgehead atoms. The van der Waals surface area contributed by atoms with E-state index in [0.717, 1.165) is 5.56 Å². The quantitative estimate of drug-likeness (QED) is 0.735. The molecule has 0 aliphatic heterocycles. The van der Waals surface area contributed by atoms with Crippen LogP contribution in [0.1, 0.15) is 11.1 Å². The molecule has 2 rings (SSSR count). The maximum Gasteiger partial charge on any atom is 0.129 e. The van der Waals surface area contributed by atoms with Crippen LogP contribution in [0.3, 0.4) is 0 Å². The van der Waals surface area contributed by atoms with Crippen LogP contribution in [0.4, 0.5) is 8.78 Å². The second-order valence-corrected chi connectivity index (χ2v) is 3.94. The normalized spacial score (nSPS) is 10.4. The molecule has 0 radical (unpaired) electrons. The largest absolute Gasteiger partial charge is 0.207 e. The first-order valence-electron chi connectivity index (χ1n) is 4.84. The van der Waals surface area contributed by atoms with Crippen LogP contribution in [0.5, 0.6) is 0 Å². The molecule has 0 unspecified atom stereocenters. The minimum Gasteiger partial charge on any atom is -0.207 e. The zero-order chi connectivity index (χ0) is 11.5. The molecule has 16 heavy (non-hydrogen) atoms. The fourth-order valence-electron chi connectivity index (χ4n) is 1.51. The predicted molar refractivity (Wildman–Crippen MR) is 60.6 cm³/mol. The van der Waals surface area contributed by atoms with Crippen molar-refractivity contribution in [2.45, 2.75) is 6.42 Å². The minimum atomic E-state index is -0.519. The molecule has 0 aliphatic carbocycles.